The van der Waals surface area contributed by atoms with Crippen LogP contribution in [0, 0.1) is 0 Å². The number of unbranched alkanes of at least 4 members (excludes halogenated alkanes) is 1. The molecule has 106 valence electrons. The van der Waals surface area contributed by atoms with E-state index < -0.39 is 12.0 Å². The number of carboxylic acid groups (broad SMARTS) is 1. The summed E-state index contributed by atoms with van der Waals surface area (Å²) in [6, 6.07) is -0.830. The lowest BCUT2D eigenvalue weighted by Gasteiger charge is -2.14. The SMILES string of the molecule is CCCCNC(=O)CC(NCCCOC)C(=O)O. The number of carboxylic acids is 1. The topological polar surface area (TPSA) is 87.7 Å². The van der Waals surface area contributed by atoms with Crippen LogP contribution in [0.1, 0.15) is 32.6 Å². The summed E-state index contributed by atoms with van der Waals surface area (Å²) in [7, 11) is 1.59. The van der Waals surface area contributed by atoms with Gasteiger partial charge in [-0.25, -0.2) is 0 Å². The van der Waals surface area contributed by atoms with Gasteiger partial charge in [-0.2, -0.15) is 0 Å². The monoisotopic (exact) mass is 260 g/mol. The Morgan fingerprint density at radius 1 is 1.28 bits per heavy atom. The summed E-state index contributed by atoms with van der Waals surface area (Å²) in [6.45, 7) is 3.73. The zero-order valence-corrected chi connectivity index (χ0v) is 11.2. The Kier molecular flexibility index (Phi) is 10.3. The maximum atomic E-state index is 11.5. The van der Waals surface area contributed by atoms with Gasteiger partial charge in [0.1, 0.15) is 6.04 Å². The van der Waals surface area contributed by atoms with E-state index in [4.69, 9.17) is 9.84 Å². The summed E-state index contributed by atoms with van der Waals surface area (Å²) < 4.78 is 4.86. The molecule has 0 aliphatic heterocycles. The predicted molar refractivity (Wildman–Crippen MR) is 68.5 cm³/mol. The van der Waals surface area contributed by atoms with Crippen LogP contribution in [0.15, 0.2) is 0 Å². The van der Waals surface area contributed by atoms with Crippen LogP contribution in [0.2, 0.25) is 0 Å². The van der Waals surface area contributed by atoms with E-state index in [1.165, 1.54) is 0 Å². The minimum Gasteiger partial charge on any atom is -0.480 e. The van der Waals surface area contributed by atoms with E-state index in [0.29, 0.717) is 19.7 Å². The van der Waals surface area contributed by atoms with Crippen LogP contribution in [-0.4, -0.2) is 49.8 Å². The van der Waals surface area contributed by atoms with Gasteiger partial charge in [-0.1, -0.05) is 13.3 Å². The molecule has 0 bridgehead atoms. The van der Waals surface area contributed by atoms with E-state index in [0.717, 1.165) is 19.3 Å². The number of amides is 1. The van der Waals surface area contributed by atoms with E-state index in [2.05, 4.69) is 10.6 Å². The number of ether oxygens (including phenoxy) is 1. The average Bonchev–Trinajstić information content (AvgIpc) is 2.33. The van der Waals surface area contributed by atoms with Crippen LogP contribution < -0.4 is 10.6 Å². The molecule has 0 spiro atoms. The molecule has 18 heavy (non-hydrogen) atoms. The first kappa shape index (κ1) is 16.9. The number of carbonyl (C=O) groups excluding carboxylic acids is 1. The van der Waals surface area contributed by atoms with Gasteiger partial charge in [-0.3, -0.25) is 9.59 Å². The molecule has 6 heteroatoms. The van der Waals surface area contributed by atoms with Crippen LogP contribution in [0.4, 0.5) is 0 Å². The van der Waals surface area contributed by atoms with Gasteiger partial charge in [0.25, 0.3) is 0 Å². The lowest BCUT2D eigenvalue weighted by Crippen LogP contribution is -2.42. The first-order chi connectivity index (χ1) is 8.61. The molecule has 0 aromatic carbocycles. The summed E-state index contributed by atoms with van der Waals surface area (Å²) in [4.78, 5) is 22.4. The van der Waals surface area contributed by atoms with E-state index >= 15 is 0 Å². The highest BCUT2D eigenvalue weighted by Crippen LogP contribution is 1.94. The molecule has 6 nitrogen and oxygen atoms in total. The molecule has 0 aliphatic rings. The number of methoxy groups -OCH3 is 1. The van der Waals surface area contributed by atoms with Gasteiger partial charge in [-0.05, 0) is 19.4 Å². The normalized spacial score (nSPS) is 12.1. The van der Waals surface area contributed by atoms with Crippen molar-refractivity contribution in [1.29, 1.82) is 0 Å². The van der Waals surface area contributed by atoms with E-state index in [9.17, 15) is 9.59 Å². The Balaban J connectivity index is 3.88. The number of rotatable bonds is 11. The van der Waals surface area contributed by atoms with Gasteiger partial charge < -0.3 is 20.5 Å². The van der Waals surface area contributed by atoms with Crippen molar-refractivity contribution in [1.82, 2.24) is 10.6 Å². The van der Waals surface area contributed by atoms with Crippen molar-refractivity contribution in [2.75, 3.05) is 26.8 Å². The van der Waals surface area contributed by atoms with Gasteiger partial charge in [0, 0.05) is 20.3 Å². The average molecular weight is 260 g/mol. The molecule has 1 atom stereocenters. The highest BCUT2D eigenvalue weighted by atomic mass is 16.5. The second-order valence-corrected chi connectivity index (χ2v) is 4.10. The number of nitrogens with one attached hydrogen (secondary N) is 2. The molecule has 0 heterocycles. The summed E-state index contributed by atoms with van der Waals surface area (Å²) >= 11 is 0. The molecule has 0 fully saturated rings. The zero-order chi connectivity index (χ0) is 13.8. The van der Waals surface area contributed by atoms with E-state index in [1.807, 2.05) is 6.92 Å². The Labute approximate surface area is 108 Å². The van der Waals surface area contributed by atoms with Crippen molar-refractivity contribution in [3.05, 3.63) is 0 Å². The van der Waals surface area contributed by atoms with Crippen LogP contribution in [0.25, 0.3) is 0 Å². The lowest BCUT2D eigenvalue weighted by atomic mass is 10.2. The van der Waals surface area contributed by atoms with Crippen LogP contribution in [-0.2, 0) is 14.3 Å². The van der Waals surface area contributed by atoms with E-state index in [-0.39, 0.29) is 12.3 Å². The zero-order valence-electron chi connectivity index (χ0n) is 11.2. The highest BCUT2D eigenvalue weighted by Gasteiger charge is 2.19. The molecule has 1 amide bonds. The van der Waals surface area contributed by atoms with Crippen molar-refractivity contribution in [2.45, 2.75) is 38.6 Å². The first-order valence-electron chi connectivity index (χ1n) is 6.33. The predicted octanol–water partition coefficient (Wildman–Crippen LogP) is 0.372. The Bertz CT molecular complexity index is 246. The number of aliphatic carboxylic acids is 1. The number of carbonyl (C=O) groups is 2. The van der Waals surface area contributed by atoms with Gasteiger partial charge >= 0.3 is 5.97 Å². The largest absolute Gasteiger partial charge is 0.480 e. The third-order valence-electron chi connectivity index (χ3n) is 2.46. The van der Waals surface area contributed by atoms with Crippen LogP contribution >= 0.6 is 0 Å². The molecular formula is C12H24N2O4. The van der Waals surface area contributed by atoms with Gasteiger partial charge in [0.05, 0.1) is 6.42 Å². The van der Waals surface area contributed by atoms with Crippen molar-refractivity contribution >= 4 is 11.9 Å². The highest BCUT2D eigenvalue weighted by molar-refractivity contribution is 5.84. The summed E-state index contributed by atoms with van der Waals surface area (Å²) in [5.41, 5.74) is 0. The third-order valence-corrected chi connectivity index (χ3v) is 2.46. The molecule has 0 aliphatic carbocycles. The molecule has 0 saturated heterocycles. The Morgan fingerprint density at radius 3 is 2.56 bits per heavy atom. The van der Waals surface area contributed by atoms with Crippen molar-refractivity contribution < 1.29 is 19.4 Å². The minimum atomic E-state index is -1.00. The molecule has 0 aromatic rings. The first-order valence-corrected chi connectivity index (χ1v) is 6.33. The maximum absolute atomic E-state index is 11.5. The summed E-state index contributed by atoms with van der Waals surface area (Å²) in [6.07, 6.45) is 2.59. The smallest absolute Gasteiger partial charge is 0.321 e. The maximum Gasteiger partial charge on any atom is 0.321 e. The summed E-state index contributed by atoms with van der Waals surface area (Å²) in [5.74, 6) is -1.23. The molecule has 3 N–H and O–H groups in total. The number of hydrogen-bond donors (Lipinski definition) is 3. The molecular weight excluding hydrogens is 236 g/mol. The van der Waals surface area contributed by atoms with Gasteiger partial charge in [0.15, 0.2) is 0 Å². The Hall–Kier alpha value is -1.14. The fourth-order valence-electron chi connectivity index (χ4n) is 1.40. The second-order valence-electron chi connectivity index (χ2n) is 4.10. The Morgan fingerprint density at radius 2 is 2.00 bits per heavy atom. The molecule has 1 unspecified atom stereocenters. The van der Waals surface area contributed by atoms with E-state index in [1.54, 1.807) is 7.11 Å². The standard InChI is InChI=1S/C12H24N2O4/c1-3-4-6-14-11(15)9-10(12(16)17)13-7-5-8-18-2/h10,13H,3-9H2,1-2H3,(H,14,15)(H,16,17). The van der Waals surface area contributed by atoms with Gasteiger partial charge in [-0.15, -0.1) is 0 Å². The van der Waals surface area contributed by atoms with Crippen LogP contribution in [0.3, 0.4) is 0 Å². The van der Waals surface area contributed by atoms with Crippen molar-refractivity contribution in [3.63, 3.8) is 0 Å². The van der Waals surface area contributed by atoms with Crippen molar-refractivity contribution in [2.24, 2.45) is 0 Å². The third kappa shape index (κ3) is 8.95. The fraction of sp³-hybridized carbons (Fsp3) is 0.833. The number of hydrogen-bond acceptors (Lipinski definition) is 4. The molecule has 0 aromatic heterocycles. The second kappa shape index (κ2) is 11.0. The minimum absolute atomic E-state index is 0.0357. The quantitative estimate of drug-likeness (QED) is 0.467. The van der Waals surface area contributed by atoms with Gasteiger partial charge in [0.2, 0.25) is 5.91 Å². The van der Waals surface area contributed by atoms with Crippen LogP contribution in [0.5, 0.6) is 0 Å². The molecule has 0 radical (unpaired) electrons. The van der Waals surface area contributed by atoms with Crippen molar-refractivity contribution in [3.8, 4) is 0 Å². The molecule has 0 rings (SSSR count). The summed E-state index contributed by atoms with van der Waals surface area (Å²) in [5, 5.41) is 14.5. The molecule has 0 saturated carbocycles. The lowest BCUT2D eigenvalue weighted by molar-refractivity contribution is -0.141. The fourth-order valence-corrected chi connectivity index (χ4v) is 1.40.